The molecule has 0 aliphatic heterocycles. The maximum Gasteiger partial charge on any atom is 0.312 e. The molecule has 0 radical (unpaired) electrons. The van der Waals surface area contributed by atoms with Gasteiger partial charge in [-0.3, -0.25) is 4.79 Å². The molecular formula is C16H24F2O3. The lowest BCUT2D eigenvalue weighted by Crippen LogP contribution is -2.62. The van der Waals surface area contributed by atoms with Gasteiger partial charge < -0.3 is 9.84 Å². The lowest BCUT2D eigenvalue weighted by Gasteiger charge is -2.62. The maximum atomic E-state index is 12.9. The van der Waals surface area contributed by atoms with Gasteiger partial charge in [0.05, 0.1) is 11.0 Å². The van der Waals surface area contributed by atoms with Gasteiger partial charge in [-0.25, -0.2) is 8.78 Å². The molecule has 4 aliphatic rings. The van der Waals surface area contributed by atoms with Crippen molar-refractivity contribution >= 4 is 5.97 Å². The van der Waals surface area contributed by atoms with Crippen LogP contribution in [0.15, 0.2) is 0 Å². The molecule has 4 aliphatic carbocycles. The first-order valence-electron chi connectivity index (χ1n) is 7.96. The Labute approximate surface area is 124 Å². The summed E-state index contributed by atoms with van der Waals surface area (Å²) in [6.07, 6.45) is 4.55. The second kappa shape index (κ2) is 4.64. The van der Waals surface area contributed by atoms with E-state index in [4.69, 9.17) is 4.74 Å². The topological polar surface area (TPSA) is 46.5 Å². The third-order valence-corrected chi connectivity index (χ3v) is 6.06. The largest absolute Gasteiger partial charge is 0.459 e. The third kappa shape index (κ3) is 2.37. The van der Waals surface area contributed by atoms with Gasteiger partial charge in [-0.1, -0.05) is 6.92 Å². The van der Waals surface area contributed by atoms with Crippen LogP contribution in [0.3, 0.4) is 0 Å². The summed E-state index contributed by atoms with van der Waals surface area (Å²) in [4.78, 5) is 12.4. The van der Waals surface area contributed by atoms with Gasteiger partial charge in [0, 0.05) is 6.92 Å². The van der Waals surface area contributed by atoms with Crippen LogP contribution >= 0.6 is 0 Å². The Bertz CT molecular complexity index is 427. The summed E-state index contributed by atoms with van der Waals surface area (Å²) in [5.41, 5.74) is -1.29. The lowest BCUT2D eigenvalue weighted by molar-refractivity contribution is -0.218. The average Bonchev–Trinajstić information content (AvgIpc) is 2.40. The molecule has 2 atom stereocenters. The number of aliphatic hydroxyl groups is 1. The van der Waals surface area contributed by atoms with Crippen molar-refractivity contribution in [2.75, 3.05) is 6.61 Å². The van der Waals surface area contributed by atoms with Gasteiger partial charge in [0.25, 0.3) is 5.92 Å². The number of halogens is 2. The molecular weight excluding hydrogens is 278 g/mol. The Morgan fingerprint density at radius 2 is 1.86 bits per heavy atom. The molecule has 0 heterocycles. The minimum absolute atomic E-state index is 0.114. The monoisotopic (exact) mass is 302 g/mol. The molecule has 5 heteroatoms. The zero-order chi connectivity index (χ0) is 15.5. The van der Waals surface area contributed by atoms with E-state index in [2.05, 4.69) is 0 Å². The van der Waals surface area contributed by atoms with E-state index in [-0.39, 0.29) is 11.8 Å². The van der Waals surface area contributed by atoms with Crippen LogP contribution in [0.25, 0.3) is 0 Å². The van der Waals surface area contributed by atoms with E-state index in [1.54, 1.807) is 0 Å². The Hall–Kier alpha value is -0.710. The fourth-order valence-electron chi connectivity index (χ4n) is 5.25. The highest BCUT2D eigenvalue weighted by Gasteiger charge is 2.63. The second-order valence-electron chi connectivity index (χ2n) is 7.62. The average molecular weight is 302 g/mol. The van der Waals surface area contributed by atoms with Gasteiger partial charge in [-0.15, -0.1) is 0 Å². The van der Waals surface area contributed by atoms with Gasteiger partial charge in [0.2, 0.25) is 0 Å². The number of carbonyl (C=O) groups is 1. The summed E-state index contributed by atoms with van der Waals surface area (Å²) in [6.45, 7) is 1.91. The van der Waals surface area contributed by atoms with E-state index in [9.17, 15) is 18.7 Å². The van der Waals surface area contributed by atoms with Crippen LogP contribution < -0.4 is 0 Å². The number of alkyl halides is 2. The molecule has 4 saturated carbocycles. The molecule has 4 bridgehead atoms. The first kappa shape index (κ1) is 15.2. The zero-order valence-corrected chi connectivity index (χ0v) is 12.7. The van der Waals surface area contributed by atoms with Crippen LogP contribution in [0.1, 0.15) is 52.4 Å². The smallest absolute Gasteiger partial charge is 0.312 e. The van der Waals surface area contributed by atoms with Gasteiger partial charge in [-0.05, 0) is 56.3 Å². The fraction of sp³-hybridized carbons (Fsp3) is 0.938. The van der Waals surface area contributed by atoms with Crippen LogP contribution in [0, 0.1) is 23.2 Å². The predicted octanol–water partition coefficient (Wildman–Crippen LogP) is 3.15. The highest BCUT2D eigenvalue weighted by molar-refractivity contribution is 5.77. The molecule has 0 aromatic rings. The quantitative estimate of drug-likeness (QED) is 0.812. The maximum absolute atomic E-state index is 12.9. The van der Waals surface area contributed by atoms with E-state index in [0.29, 0.717) is 25.2 Å². The minimum atomic E-state index is -2.98. The molecule has 0 amide bonds. The first-order valence-corrected chi connectivity index (χ1v) is 7.96. The van der Waals surface area contributed by atoms with Gasteiger partial charge >= 0.3 is 5.97 Å². The summed E-state index contributed by atoms with van der Waals surface area (Å²) in [6, 6.07) is 0. The first-order chi connectivity index (χ1) is 9.68. The van der Waals surface area contributed by atoms with E-state index < -0.39 is 29.5 Å². The molecule has 0 spiro atoms. The summed E-state index contributed by atoms with van der Waals surface area (Å²) in [5.74, 6) is -2.79. The summed E-state index contributed by atoms with van der Waals surface area (Å²) >= 11 is 0. The van der Waals surface area contributed by atoms with Crippen molar-refractivity contribution < 1.29 is 23.4 Å². The molecule has 2 unspecified atom stereocenters. The van der Waals surface area contributed by atoms with E-state index in [1.165, 1.54) is 0 Å². The van der Waals surface area contributed by atoms with Crippen molar-refractivity contribution in [3.05, 3.63) is 0 Å². The number of hydrogen-bond donors (Lipinski definition) is 1. The summed E-state index contributed by atoms with van der Waals surface area (Å²) < 4.78 is 30.8. The number of ether oxygens (including phenoxy) is 1. The fourth-order valence-corrected chi connectivity index (χ4v) is 5.25. The molecule has 0 aromatic heterocycles. The molecule has 4 fully saturated rings. The molecule has 21 heavy (non-hydrogen) atoms. The number of carbonyl (C=O) groups excluding carboxylic acids is 1. The molecule has 1 N–H and O–H groups in total. The molecule has 0 saturated heterocycles. The number of rotatable bonds is 4. The van der Waals surface area contributed by atoms with Gasteiger partial charge in [0.15, 0.2) is 6.61 Å². The van der Waals surface area contributed by atoms with Crippen LogP contribution in [0.4, 0.5) is 8.78 Å². The molecule has 0 aromatic carbocycles. The Kier molecular flexibility index (Phi) is 3.36. The highest BCUT2D eigenvalue weighted by atomic mass is 19.3. The summed E-state index contributed by atoms with van der Waals surface area (Å²) in [7, 11) is 0. The Morgan fingerprint density at radius 3 is 2.33 bits per heavy atom. The van der Waals surface area contributed by atoms with Crippen LogP contribution in [0.2, 0.25) is 0 Å². The van der Waals surface area contributed by atoms with Gasteiger partial charge in [0.1, 0.15) is 0 Å². The lowest BCUT2D eigenvalue weighted by atomic mass is 9.44. The summed E-state index contributed by atoms with van der Waals surface area (Å²) in [5, 5.41) is 10.9. The van der Waals surface area contributed by atoms with Crippen LogP contribution in [0.5, 0.6) is 0 Å². The predicted molar refractivity (Wildman–Crippen MR) is 72.8 cm³/mol. The standard InChI is InChI=1S/C16H24F2O3/c1-3-16(20)11-4-10-5-12(16)8-15(6-10,7-11)13(19)21-9-14(2,17)18/h10-12,20H,3-9H2,1-2H3. The third-order valence-electron chi connectivity index (χ3n) is 6.06. The van der Waals surface area contributed by atoms with E-state index >= 15 is 0 Å². The highest BCUT2D eigenvalue weighted by Crippen LogP contribution is 2.64. The van der Waals surface area contributed by atoms with Crippen molar-refractivity contribution in [2.45, 2.75) is 63.9 Å². The Morgan fingerprint density at radius 1 is 1.29 bits per heavy atom. The van der Waals surface area contributed by atoms with Crippen molar-refractivity contribution in [3.63, 3.8) is 0 Å². The Balaban J connectivity index is 1.77. The van der Waals surface area contributed by atoms with Crippen molar-refractivity contribution in [1.29, 1.82) is 0 Å². The van der Waals surface area contributed by atoms with Crippen LogP contribution in [-0.4, -0.2) is 29.2 Å². The van der Waals surface area contributed by atoms with E-state index in [0.717, 1.165) is 26.2 Å². The number of hydrogen-bond acceptors (Lipinski definition) is 3. The van der Waals surface area contributed by atoms with Gasteiger partial charge in [-0.2, -0.15) is 0 Å². The normalized spacial score (nSPS) is 44.9. The van der Waals surface area contributed by atoms with Crippen molar-refractivity contribution in [3.8, 4) is 0 Å². The zero-order valence-electron chi connectivity index (χ0n) is 12.7. The second-order valence-corrected chi connectivity index (χ2v) is 7.62. The minimum Gasteiger partial charge on any atom is -0.459 e. The van der Waals surface area contributed by atoms with Crippen LogP contribution in [-0.2, 0) is 9.53 Å². The molecule has 4 rings (SSSR count). The van der Waals surface area contributed by atoms with E-state index in [1.807, 2.05) is 6.92 Å². The molecule has 120 valence electrons. The number of esters is 1. The SMILES string of the molecule is CCC1(O)C2CC3CC1CC(C(=O)OCC(C)(F)F)(C3)C2. The molecule has 3 nitrogen and oxygen atoms in total. The van der Waals surface area contributed by atoms with Crippen molar-refractivity contribution in [1.82, 2.24) is 0 Å². The van der Waals surface area contributed by atoms with Crippen molar-refractivity contribution in [2.24, 2.45) is 23.2 Å².